The number of hydrogen-bond acceptors (Lipinski definition) is 3. The molecule has 0 aliphatic carbocycles. The third kappa shape index (κ3) is 1.61. The monoisotopic (exact) mass is 231 g/mol. The molecule has 1 aromatic carbocycles. The zero-order valence-electron chi connectivity index (χ0n) is 9.51. The first-order valence-corrected chi connectivity index (χ1v) is 5.61. The van der Waals surface area contributed by atoms with Gasteiger partial charge in [-0.25, -0.2) is 0 Å². The average molecular weight is 231 g/mol. The number of fused-ring (bicyclic) bond motifs is 1. The number of aryl methyl sites for hydroxylation is 1. The molecule has 0 saturated carbocycles. The number of β-amino-alcohol motifs (C(OH)–C–C–N with tert-alkyl or cyclic N) is 1. The van der Waals surface area contributed by atoms with Crippen LogP contribution in [0.1, 0.15) is 16.1 Å². The number of para-hydroxylation sites is 1. The van der Waals surface area contributed by atoms with Gasteiger partial charge in [0, 0.05) is 18.5 Å². The molecule has 1 aromatic heterocycles. The van der Waals surface area contributed by atoms with E-state index in [1.165, 1.54) is 0 Å². The molecule has 3 rings (SSSR count). The normalized spacial score (nSPS) is 16.2. The number of furan rings is 1. The summed E-state index contributed by atoms with van der Waals surface area (Å²) in [6.07, 6.45) is -0.378. The molecule has 2 heterocycles. The van der Waals surface area contributed by atoms with Crippen molar-refractivity contribution in [3.8, 4) is 0 Å². The van der Waals surface area contributed by atoms with Gasteiger partial charge >= 0.3 is 0 Å². The van der Waals surface area contributed by atoms with E-state index in [1.807, 2.05) is 25.1 Å². The zero-order valence-corrected chi connectivity index (χ0v) is 9.51. The van der Waals surface area contributed by atoms with Crippen molar-refractivity contribution in [1.82, 2.24) is 4.90 Å². The molecular formula is C13H13NO3. The minimum atomic E-state index is -0.378. The minimum absolute atomic E-state index is 0.0738. The molecule has 0 spiro atoms. The fraction of sp³-hybridized carbons (Fsp3) is 0.308. The van der Waals surface area contributed by atoms with Crippen LogP contribution in [0.3, 0.4) is 0 Å². The van der Waals surface area contributed by atoms with Gasteiger partial charge in [-0.05, 0) is 19.1 Å². The standard InChI is InChI=1S/C13H13NO3/c1-8-5-9-3-2-4-11(12(9)17-8)13(16)14-6-10(15)7-14/h2-5,10,15H,6-7H2,1H3. The van der Waals surface area contributed by atoms with Gasteiger partial charge in [-0.15, -0.1) is 0 Å². The second-order valence-corrected chi connectivity index (χ2v) is 4.44. The van der Waals surface area contributed by atoms with E-state index in [4.69, 9.17) is 4.42 Å². The van der Waals surface area contributed by atoms with Crippen LogP contribution in [0.5, 0.6) is 0 Å². The Kier molecular flexibility index (Phi) is 2.19. The molecule has 0 atom stereocenters. The fourth-order valence-electron chi connectivity index (χ4n) is 2.15. The largest absolute Gasteiger partial charge is 0.461 e. The lowest BCUT2D eigenvalue weighted by molar-refractivity contribution is 0.00595. The SMILES string of the molecule is Cc1cc2cccc(C(=O)N3CC(O)C3)c2o1. The number of likely N-dealkylation sites (tertiary alicyclic amines) is 1. The molecule has 4 nitrogen and oxygen atoms in total. The van der Waals surface area contributed by atoms with Gasteiger partial charge in [0.2, 0.25) is 0 Å². The Morgan fingerprint density at radius 1 is 1.47 bits per heavy atom. The summed E-state index contributed by atoms with van der Waals surface area (Å²) >= 11 is 0. The van der Waals surface area contributed by atoms with E-state index in [2.05, 4.69) is 0 Å². The molecule has 0 radical (unpaired) electrons. The summed E-state index contributed by atoms with van der Waals surface area (Å²) in [6, 6.07) is 7.45. The van der Waals surface area contributed by atoms with Gasteiger partial charge in [0.05, 0.1) is 11.7 Å². The number of hydrogen-bond donors (Lipinski definition) is 1. The van der Waals surface area contributed by atoms with Crippen molar-refractivity contribution < 1.29 is 14.3 Å². The minimum Gasteiger partial charge on any atom is -0.461 e. The Labute approximate surface area is 98.4 Å². The third-order valence-electron chi connectivity index (χ3n) is 3.05. The summed E-state index contributed by atoms with van der Waals surface area (Å²) in [5.74, 6) is 0.721. The molecule has 88 valence electrons. The summed E-state index contributed by atoms with van der Waals surface area (Å²) in [5.41, 5.74) is 1.21. The summed E-state index contributed by atoms with van der Waals surface area (Å²) in [6.45, 7) is 2.69. The number of nitrogens with zero attached hydrogens (tertiary/aromatic N) is 1. The highest BCUT2D eigenvalue weighted by molar-refractivity contribution is 6.05. The van der Waals surface area contributed by atoms with E-state index in [9.17, 15) is 9.90 Å². The van der Waals surface area contributed by atoms with Crippen molar-refractivity contribution in [3.05, 3.63) is 35.6 Å². The summed E-state index contributed by atoms with van der Waals surface area (Å²) in [5, 5.41) is 10.2. The summed E-state index contributed by atoms with van der Waals surface area (Å²) < 4.78 is 5.56. The van der Waals surface area contributed by atoms with Crippen LogP contribution in [-0.4, -0.2) is 35.1 Å². The van der Waals surface area contributed by atoms with Gasteiger partial charge in [-0.2, -0.15) is 0 Å². The Hall–Kier alpha value is -1.81. The van der Waals surface area contributed by atoms with Crippen molar-refractivity contribution in [3.63, 3.8) is 0 Å². The molecule has 1 saturated heterocycles. The average Bonchev–Trinajstić information content (AvgIpc) is 2.63. The van der Waals surface area contributed by atoms with E-state index < -0.39 is 0 Å². The number of carbonyl (C=O) groups excluding carboxylic acids is 1. The maximum absolute atomic E-state index is 12.2. The number of benzene rings is 1. The highest BCUT2D eigenvalue weighted by Gasteiger charge is 2.30. The molecule has 1 aliphatic heterocycles. The second kappa shape index (κ2) is 3.60. The molecule has 1 N–H and O–H groups in total. The number of carbonyl (C=O) groups is 1. The van der Waals surface area contributed by atoms with Crippen molar-refractivity contribution in [2.24, 2.45) is 0 Å². The van der Waals surface area contributed by atoms with Gasteiger partial charge in [-0.1, -0.05) is 12.1 Å². The van der Waals surface area contributed by atoms with Gasteiger partial charge < -0.3 is 14.4 Å². The van der Waals surface area contributed by atoms with E-state index in [-0.39, 0.29) is 12.0 Å². The van der Waals surface area contributed by atoms with Crippen molar-refractivity contribution in [2.75, 3.05) is 13.1 Å². The number of aliphatic hydroxyl groups excluding tert-OH is 1. The van der Waals surface area contributed by atoms with Crippen molar-refractivity contribution >= 4 is 16.9 Å². The van der Waals surface area contributed by atoms with Crippen molar-refractivity contribution in [1.29, 1.82) is 0 Å². The second-order valence-electron chi connectivity index (χ2n) is 4.44. The maximum Gasteiger partial charge on any atom is 0.257 e. The molecule has 17 heavy (non-hydrogen) atoms. The molecule has 1 aliphatic rings. The van der Waals surface area contributed by atoms with E-state index in [0.29, 0.717) is 24.2 Å². The van der Waals surface area contributed by atoms with Crippen LogP contribution in [0, 0.1) is 6.92 Å². The lowest BCUT2D eigenvalue weighted by Gasteiger charge is -2.35. The molecule has 2 aromatic rings. The number of aliphatic hydroxyl groups is 1. The van der Waals surface area contributed by atoms with E-state index in [0.717, 1.165) is 11.1 Å². The maximum atomic E-state index is 12.2. The lowest BCUT2D eigenvalue weighted by atomic mass is 10.1. The highest BCUT2D eigenvalue weighted by atomic mass is 16.3. The van der Waals surface area contributed by atoms with E-state index >= 15 is 0 Å². The smallest absolute Gasteiger partial charge is 0.257 e. The van der Waals surface area contributed by atoms with Crippen LogP contribution in [-0.2, 0) is 0 Å². The Morgan fingerprint density at radius 3 is 2.94 bits per heavy atom. The zero-order chi connectivity index (χ0) is 12.0. The van der Waals surface area contributed by atoms with E-state index in [1.54, 1.807) is 11.0 Å². The van der Waals surface area contributed by atoms with Gasteiger partial charge in [-0.3, -0.25) is 4.79 Å². The van der Waals surface area contributed by atoms with Crippen LogP contribution in [0.15, 0.2) is 28.7 Å². The molecule has 0 bridgehead atoms. The Morgan fingerprint density at radius 2 is 2.24 bits per heavy atom. The van der Waals surface area contributed by atoms with Gasteiger partial charge in [0.1, 0.15) is 11.3 Å². The third-order valence-corrected chi connectivity index (χ3v) is 3.05. The van der Waals surface area contributed by atoms with Gasteiger partial charge in [0.15, 0.2) is 0 Å². The number of rotatable bonds is 1. The Balaban J connectivity index is 2.02. The molecule has 4 heteroatoms. The van der Waals surface area contributed by atoms with Crippen LogP contribution in [0.4, 0.5) is 0 Å². The Bertz CT molecular complexity index is 581. The quantitative estimate of drug-likeness (QED) is 0.810. The first-order chi connectivity index (χ1) is 8.15. The first-order valence-electron chi connectivity index (χ1n) is 5.61. The predicted molar refractivity (Wildman–Crippen MR) is 62.9 cm³/mol. The first kappa shape index (κ1) is 10.4. The molecular weight excluding hydrogens is 218 g/mol. The van der Waals surface area contributed by atoms with Crippen LogP contribution in [0.25, 0.3) is 11.0 Å². The molecule has 1 amide bonds. The molecule has 1 fully saturated rings. The summed E-state index contributed by atoms with van der Waals surface area (Å²) in [7, 11) is 0. The summed E-state index contributed by atoms with van der Waals surface area (Å²) in [4.78, 5) is 13.8. The van der Waals surface area contributed by atoms with Gasteiger partial charge in [0.25, 0.3) is 5.91 Å². The van der Waals surface area contributed by atoms with Crippen molar-refractivity contribution in [2.45, 2.75) is 13.0 Å². The van der Waals surface area contributed by atoms with Crippen LogP contribution < -0.4 is 0 Å². The predicted octanol–water partition coefficient (Wildman–Crippen LogP) is 1.56. The number of amides is 1. The molecule has 0 unspecified atom stereocenters. The van der Waals surface area contributed by atoms with Crippen LogP contribution in [0.2, 0.25) is 0 Å². The topological polar surface area (TPSA) is 53.7 Å². The highest BCUT2D eigenvalue weighted by Crippen LogP contribution is 2.25. The lowest BCUT2D eigenvalue weighted by Crippen LogP contribution is -2.53. The fourth-order valence-corrected chi connectivity index (χ4v) is 2.15. The van der Waals surface area contributed by atoms with Crippen LogP contribution >= 0.6 is 0 Å².